The van der Waals surface area contributed by atoms with Crippen LogP contribution in [0, 0.1) is 18.3 Å². The number of rotatable bonds is 3. The number of benzene rings is 2. The number of hydrogen-bond donors (Lipinski definition) is 2. The average Bonchev–Trinajstić information content (AvgIpc) is 2.46. The van der Waals surface area contributed by atoms with E-state index in [9.17, 15) is 19.8 Å². The summed E-state index contributed by atoms with van der Waals surface area (Å²) in [6, 6.07) is 11.0. The fraction of sp³-hybridized carbons (Fsp3) is 0.0625. The van der Waals surface area contributed by atoms with Gasteiger partial charge in [-0.25, -0.2) is 9.59 Å². The van der Waals surface area contributed by atoms with Gasteiger partial charge in [0.05, 0.1) is 22.8 Å². The van der Waals surface area contributed by atoms with Crippen LogP contribution in [0.3, 0.4) is 0 Å². The van der Waals surface area contributed by atoms with Gasteiger partial charge in [0.1, 0.15) is 0 Å². The summed E-state index contributed by atoms with van der Waals surface area (Å²) in [4.78, 5) is 22.8. The molecule has 2 N–H and O–H groups in total. The summed E-state index contributed by atoms with van der Waals surface area (Å²) in [5.41, 5.74) is 1.42. The first-order valence-electron chi connectivity index (χ1n) is 6.06. The smallest absolute Gasteiger partial charge is 0.336 e. The Morgan fingerprint density at radius 3 is 1.86 bits per heavy atom. The highest BCUT2D eigenvalue weighted by atomic mass is 16.4. The van der Waals surface area contributed by atoms with Crippen molar-refractivity contribution in [3.8, 4) is 17.2 Å². The molecule has 5 nitrogen and oxygen atoms in total. The highest BCUT2D eigenvalue weighted by molar-refractivity contribution is 6.05. The first-order chi connectivity index (χ1) is 9.93. The predicted octanol–water partition coefficient (Wildman–Crippen LogP) is 2.93. The summed E-state index contributed by atoms with van der Waals surface area (Å²) in [5.74, 6) is -2.39. The minimum Gasteiger partial charge on any atom is -0.478 e. The second kappa shape index (κ2) is 5.47. The molecule has 104 valence electrons. The van der Waals surface area contributed by atoms with Crippen LogP contribution in [0.25, 0.3) is 11.1 Å². The Morgan fingerprint density at radius 1 is 1.00 bits per heavy atom. The van der Waals surface area contributed by atoms with E-state index < -0.39 is 11.9 Å². The van der Waals surface area contributed by atoms with Gasteiger partial charge in [-0.2, -0.15) is 5.26 Å². The van der Waals surface area contributed by atoms with E-state index in [2.05, 4.69) is 0 Å². The molecule has 2 aromatic rings. The van der Waals surface area contributed by atoms with E-state index in [0.29, 0.717) is 16.7 Å². The number of carboxylic acids is 2. The molecule has 5 heteroatoms. The summed E-state index contributed by atoms with van der Waals surface area (Å²) in [6.07, 6.45) is 0. The summed E-state index contributed by atoms with van der Waals surface area (Å²) >= 11 is 0. The molecule has 0 radical (unpaired) electrons. The number of aromatic carboxylic acids is 2. The van der Waals surface area contributed by atoms with Gasteiger partial charge in [0.2, 0.25) is 0 Å². The minimum absolute atomic E-state index is 0.0721. The molecule has 0 fully saturated rings. The lowest BCUT2D eigenvalue weighted by Gasteiger charge is -2.12. The number of nitrogens with zero attached hydrogens (tertiary/aromatic N) is 1. The van der Waals surface area contributed by atoms with Crippen molar-refractivity contribution in [2.24, 2.45) is 0 Å². The fourth-order valence-corrected chi connectivity index (χ4v) is 2.15. The van der Waals surface area contributed by atoms with E-state index in [1.54, 1.807) is 19.1 Å². The maximum Gasteiger partial charge on any atom is 0.336 e. The van der Waals surface area contributed by atoms with E-state index in [-0.39, 0.29) is 16.7 Å². The van der Waals surface area contributed by atoms with Crippen molar-refractivity contribution in [1.82, 2.24) is 0 Å². The van der Waals surface area contributed by atoms with Crippen LogP contribution >= 0.6 is 0 Å². The standard InChI is InChI=1S/C16H11NO4/c1-9-6-12(15(18)19)14(13(7-9)16(20)21)11-4-2-10(8-17)3-5-11/h2-7H,1H3,(H,18,19)(H,20,21). The molecule has 21 heavy (non-hydrogen) atoms. The highest BCUT2D eigenvalue weighted by Gasteiger charge is 2.20. The SMILES string of the molecule is Cc1cc(C(=O)O)c(-c2ccc(C#N)cc2)c(C(=O)O)c1. The second-order valence-corrected chi connectivity index (χ2v) is 4.53. The Balaban J connectivity index is 2.78. The molecule has 0 aromatic heterocycles. The second-order valence-electron chi connectivity index (χ2n) is 4.53. The summed E-state index contributed by atoms with van der Waals surface area (Å²) in [5, 5.41) is 27.4. The third kappa shape index (κ3) is 2.74. The van der Waals surface area contributed by atoms with Crippen molar-refractivity contribution in [2.45, 2.75) is 6.92 Å². The van der Waals surface area contributed by atoms with Gasteiger partial charge in [-0.1, -0.05) is 12.1 Å². The Bertz CT molecular complexity index is 735. The van der Waals surface area contributed by atoms with Gasteiger partial charge in [0.25, 0.3) is 0 Å². The van der Waals surface area contributed by atoms with Crippen molar-refractivity contribution in [3.63, 3.8) is 0 Å². The third-order valence-corrected chi connectivity index (χ3v) is 3.05. The van der Waals surface area contributed by atoms with E-state index in [4.69, 9.17) is 5.26 Å². The molecular weight excluding hydrogens is 270 g/mol. The lowest BCUT2D eigenvalue weighted by molar-refractivity contribution is 0.0696. The molecule has 0 aliphatic heterocycles. The van der Waals surface area contributed by atoms with Gasteiger partial charge in [0, 0.05) is 5.56 Å². The van der Waals surface area contributed by atoms with Gasteiger partial charge >= 0.3 is 11.9 Å². The molecule has 0 unspecified atom stereocenters. The zero-order valence-electron chi connectivity index (χ0n) is 11.1. The highest BCUT2D eigenvalue weighted by Crippen LogP contribution is 2.30. The van der Waals surface area contributed by atoms with Gasteiger partial charge in [-0.05, 0) is 42.3 Å². The van der Waals surface area contributed by atoms with Crippen LogP contribution in [0.5, 0.6) is 0 Å². The number of carboxylic acid groups (broad SMARTS) is 2. The first-order valence-corrected chi connectivity index (χ1v) is 6.06. The summed E-state index contributed by atoms with van der Waals surface area (Å²) < 4.78 is 0. The number of aryl methyl sites for hydroxylation is 1. The predicted molar refractivity (Wildman–Crippen MR) is 75.2 cm³/mol. The Labute approximate surface area is 120 Å². The Kier molecular flexibility index (Phi) is 3.72. The van der Waals surface area contributed by atoms with Gasteiger partial charge < -0.3 is 10.2 Å². The Hall–Kier alpha value is -3.13. The van der Waals surface area contributed by atoms with Crippen molar-refractivity contribution >= 4 is 11.9 Å². The van der Waals surface area contributed by atoms with Crippen molar-refractivity contribution in [2.75, 3.05) is 0 Å². The number of carbonyl (C=O) groups is 2. The molecule has 0 heterocycles. The molecule has 2 rings (SSSR count). The quantitative estimate of drug-likeness (QED) is 0.901. The number of hydrogen-bond acceptors (Lipinski definition) is 3. The van der Waals surface area contributed by atoms with E-state index in [1.165, 1.54) is 24.3 Å². The first kappa shape index (κ1) is 14.3. The van der Waals surface area contributed by atoms with Gasteiger partial charge in [0.15, 0.2) is 0 Å². The largest absolute Gasteiger partial charge is 0.478 e. The minimum atomic E-state index is -1.19. The molecule has 0 aliphatic carbocycles. The van der Waals surface area contributed by atoms with Crippen LogP contribution in [-0.2, 0) is 0 Å². The molecule has 0 saturated heterocycles. The summed E-state index contributed by atoms with van der Waals surface area (Å²) in [7, 11) is 0. The van der Waals surface area contributed by atoms with E-state index >= 15 is 0 Å². The van der Waals surface area contributed by atoms with Crippen LogP contribution in [-0.4, -0.2) is 22.2 Å². The van der Waals surface area contributed by atoms with Crippen molar-refractivity contribution < 1.29 is 19.8 Å². The molecule has 0 spiro atoms. The third-order valence-electron chi connectivity index (χ3n) is 3.05. The van der Waals surface area contributed by atoms with Crippen LogP contribution in [0.1, 0.15) is 31.8 Å². The van der Waals surface area contributed by atoms with Gasteiger partial charge in [-0.15, -0.1) is 0 Å². The van der Waals surface area contributed by atoms with Crippen LogP contribution < -0.4 is 0 Å². The van der Waals surface area contributed by atoms with Crippen molar-refractivity contribution in [3.05, 3.63) is 58.7 Å². The van der Waals surface area contributed by atoms with Crippen LogP contribution in [0.15, 0.2) is 36.4 Å². The van der Waals surface area contributed by atoms with Gasteiger partial charge in [-0.3, -0.25) is 0 Å². The molecular formula is C16H11NO4. The zero-order valence-corrected chi connectivity index (χ0v) is 11.1. The maximum atomic E-state index is 11.4. The molecule has 2 aromatic carbocycles. The normalized spacial score (nSPS) is 9.90. The number of nitriles is 1. The Morgan fingerprint density at radius 2 is 1.48 bits per heavy atom. The lowest BCUT2D eigenvalue weighted by Crippen LogP contribution is -2.08. The van der Waals surface area contributed by atoms with Crippen LogP contribution in [0.2, 0.25) is 0 Å². The molecule has 0 aliphatic rings. The maximum absolute atomic E-state index is 11.4. The lowest BCUT2D eigenvalue weighted by atomic mass is 9.92. The average molecular weight is 281 g/mol. The summed E-state index contributed by atoms with van der Waals surface area (Å²) in [6.45, 7) is 1.64. The molecule has 0 amide bonds. The van der Waals surface area contributed by atoms with E-state index in [0.717, 1.165) is 0 Å². The van der Waals surface area contributed by atoms with E-state index in [1.807, 2.05) is 6.07 Å². The molecule has 0 saturated carbocycles. The fourth-order valence-electron chi connectivity index (χ4n) is 2.15. The van der Waals surface area contributed by atoms with Crippen molar-refractivity contribution in [1.29, 1.82) is 5.26 Å². The topological polar surface area (TPSA) is 98.4 Å². The van der Waals surface area contributed by atoms with Crippen LogP contribution in [0.4, 0.5) is 0 Å². The zero-order chi connectivity index (χ0) is 15.6. The molecule has 0 bridgehead atoms. The molecule has 0 atom stereocenters. The monoisotopic (exact) mass is 281 g/mol.